The molecule has 4 rings (SSSR count). The van der Waals surface area contributed by atoms with Crippen LogP contribution in [0.3, 0.4) is 0 Å². The van der Waals surface area contributed by atoms with Gasteiger partial charge in [0.1, 0.15) is 12.3 Å². The third-order valence-electron chi connectivity index (χ3n) is 7.06. The summed E-state index contributed by atoms with van der Waals surface area (Å²) in [5, 5.41) is 0. The van der Waals surface area contributed by atoms with Gasteiger partial charge in [0, 0.05) is 0 Å². The molecule has 2 aliphatic carbocycles. The number of hydrogen-bond acceptors (Lipinski definition) is 4. The molecule has 3 fully saturated rings. The van der Waals surface area contributed by atoms with Crippen LogP contribution in [-0.2, 0) is 19.8 Å². The first-order valence-corrected chi connectivity index (χ1v) is 9.98. The van der Waals surface area contributed by atoms with E-state index in [0.717, 1.165) is 30.6 Å². The van der Waals surface area contributed by atoms with E-state index in [-0.39, 0.29) is 35.6 Å². The fraction of sp³-hybridized carbons (Fsp3) is 0.591. The van der Waals surface area contributed by atoms with Crippen LogP contribution in [0.25, 0.3) is 0 Å². The van der Waals surface area contributed by atoms with Crippen LogP contribution in [-0.4, -0.2) is 29.2 Å². The minimum atomic E-state index is -0.563. The Labute approximate surface area is 160 Å². The van der Waals surface area contributed by atoms with Gasteiger partial charge in [0.2, 0.25) is 11.8 Å². The number of esters is 1. The number of amides is 2. The van der Waals surface area contributed by atoms with Gasteiger partial charge in [0.15, 0.2) is 0 Å². The molecule has 4 atom stereocenters. The number of nitrogens with zero attached hydrogens (tertiary/aromatic N) is 1. The van der Waals surface area contributed by atoms with Crippen LogP contribution in [0.4, 0.5) is 0 Å². The molecule has 2 saturated carbocycles. The number of carbonyl (C=O) groups is 3. The predicted molar refractivity (Wildman–Crippen MR) is 99.9 cm³/mol. The molecule has 0 spiro atoms. The Morgan fingerprint density at radius 3 is 2.15 bits per heavy atom. The summed E-state index contributed by atoms with van der Waals surface area (Å²) in [6, 6.07) is 7.46. The molecule has 3 aliphatic rings. The van der Waals surface area contributed by atoms with E-state index in [9.17, 15) is 14.4 Å². The summed E-state index contributed by atoms with van der Waals surface area (Å²) in [4.78, 5) is 38.8. The highest BCUT2D eigenvalue weighted by Gasteiger charge is 2.61. The monoisotopic (exact) mass is 369 g/mol. The maximum atomic E-state index is 12.7. The lowest BCUT2D eigenvalue weighted by molar-refractivity contribution is -0.148. The zero-order valence-corrected chi connectivity index (χ0v) is 16.2. The van der Waals surface area contributed by atoms with E-state index in [0.29, 0.717) is 17.6 Å². The molecule has 1 heterocycles. The number of likely N-dealkylation sites (tertiary alicyclic amines) is 1. The minimum Gasteiger partial charge on any atom is -0.425 e. The summed E-state index contributed by atoms with van der Waals surface area (Å²) in [7, 11) is 0. The van der Waals surface area contributed by atoms with E-state index in [1.807, 2.05) is 12.1 Å². The van der Waals surface area contributed by atoms with Crippen LogP contribution in [0, 0.1) is 23.7 Å². The zero-order chi connectivity index (χ0) is 19.3. The Bertz CT molecular complexity index is 754. The van der Waals surface area contributed by atoms with Crippen molar-refractivity contribution in [2.24, 2.45) is 23.7 Å². The first kappa shape index (κ1) is 18.2. The Kier molecular flexibility index (Phi) is 4.36. The minimum absolute atomic E-state index is 0.0636. The van der Waals surface area contributed by atoms with Crippen molar-refractivity contribution in [1.82, 2.24) is 4.90 Å². The van der Waals surface area contributed by atoms with Crippen molar-refractivity contribution in [3.05, 3.63) is 29.8 Å². The van der Waals surface area contributed by atoms with Crippen LogP contribution in [0.15, 0.2) is 24.3 Å². The molecule has 0 radical (unpaired) electrons. The molecule has 5 nitrogen and oxygen atoms in total. The molecular weight excluding hydrogens is 342 g/mol. The maximum absolute atomic E-state index is 12.7. The molecule has 2 amide bonds. The topological polar surface area (TPSA) is 63.7 Å². The van der Waals surface area contributed by atoms with Crippen molar-refractivity contribution in [3.63, 3.8) is 0 Å². The fourth-order valence-electron chi connectivity index (χ4n) is 5.10. The number of hydrogen-bond donors (Lipinski definition) is 0. The van der Waals surface area contributed by atoms with Gasteiger partial charge in [-0.2, -0.15) is 0 Å². The van der Waals surface area contributed by atoms with Gasteiger partial charge in [-0.3, -0.25) is 14.5 Å². The summed E-state index contributed by atoms with van der Waals surface area (Å²) in [5.41, 5.74) is 1.24. The van der Waals surface area contributed by atoms with Crippen molar-refractivity contribution >= 4 is 17.8 Å². The molecule has 1 aliphatic heterocycles. The number of ether oxygens (including phenoxy) is 1. The van der Waals surface area contributed by atoms with Crippen LogP contribution in [0.1, 0.15) is 52.0 Å². The molecule has 0 N–H and O–H groups in total. The Hall–Kier alpha value is -2.17. The first-order chi connectivity index (χ1) is 12.8. The number of carbonyl (C=O) groups excluding carboxylic acids is 3. The van der Waals surface area contributed by atoms with E-state index in [4.69, 9.17) is 4.74 Å². The molecule has 5 heteroatoms. The number of fused-ring (bicyclic) bond motifs is 5. The summed E-state index contributed by atoms with van der Waals surface area (Å²) in [6.07, 6.45) is 4.06. The molecule has 144 valence electrons. The smallest absolute Gasteiger partial charge is 0.331 e. The van der Waals surface area contributed by atoms with E-state index in [1.165, 1.54) is 5.56 Å². The van der Waals surface area contributed by atoms with Crippen LogP contribution in [0.2, 0.25) is 0 Å². The lowest BCUT2D eigenvalue weighted by Gasteiger charge is -2.23. The van der Waals surface area contributed by atoms with Crippen molar-refractivity contribution < 1.29 is 19.1 Å². The van der Waals surface area contributed by atoms with Crippen molar-refractivity contribution in [2.45, 2.75) is 51.9 Å². The summed E-state index contributed by atoms with van der Waals surface area (Å²) in [6.45, 7) is 6.19. The Balaban J connectivity index is 1.40. The Morgan fingerprint density at radius 1 is 1.07 bits per heavy atom. The van der Waals surface area contributed by atoms with E-state index in [2.05, 4.69) is 20.8 Å². The van der Waals surface area contributed by atoms with Gasteiger partial charge in [-0.1, -0.05) is 32.9 Å². The number of rotatable bonds is 5. The van der Waals surface area contributed by atoms with Crippen molar-refractivity contribution in [3.8, 4) is 5.75 Å². The van der Waals surface area contributed by atoms with Gasteiger partial charge < -0.3 is 4.74 Å². The first-order valence-electron chi connectivity index (χ1n) is 9.98. The lowest BCUT2D eigenvalue weighted by Crippen LogP contribution is -2.38. The molecule has 0 unspecified atom stereocenters. The highest BCUT2D eigenvalue weighted by Crippen LogP contribution is 2.56. The third-order valence-corrected chi connectivity index (χ3v) is 7.06. The summed E-state index contributed by atoms with van der Waals surface area (Å²) in [5.74, 6) is -0.206. The highest BCUT2D eigenvalue weighted by molar-refractivity contribution is 6.07. The zero-order valence-electron chi connectivity index (χ0n) is 16.2. The second-order valence-electron chi connectivity index (χ2n) is 8.88. The summed E-state index contributed by atoms with van der Waals surface area (Å²) >= 11 is 0. The number of imide groups is 1. The van der Waals surface area contributed by atoms with Crippen LogP contribution in [0.5, 0.6) is 5.75 Å². The van der Waals surface area contributed by atoms with Gasteiger partial charge in [-0.05, 0) is 60.6 Å². The lowest BCUT2D eigenvalue weighted by atomic mass is 9.81. The van der Waals surface area contributed by atoms with E-state index < -0.39 is 5.97 Å². The SMILES string of the molecule is CCC(C)(C)c1ccc(OC(=O)CN2C(=O)[C@H]3[C@H]4CC[C@@H](C4)[C@@H]3C2=O)cc1. The third kappa shape index (κ3) is 2.97. The number of benzene rings is 1. The van der Waals surface area contributed by atoms with Crippen molar-refractivity contribution in [1.29, 1.82) is 0 Å². The van der Waals surface area contributed by atoms with Crippen LogP contribution >= 0.6 is 0 Å². The molecule has 0 aromatic heterocycles. The van der Waals surface area contributed by atoms with E-state index >= 15 is 0 Å². The average Bonchev–Trinajstić information content (AvgIpc) is 3.32. The van der Waals surface area contributed by atoms with Gasteiger partial charge in [-0.25, -0.2) is 4.79 Å². The normalized spacial score (nSPS) is 29.4. The van der Waals surface area contributed by atoms with E-state index in [1.54, 1.807) is 12.1 Å². The largest absolute Gasteiger partial charge is 0.425 e. The second kappa shape index (κ2) is 6.47. The molecular formula is C22H27NO4. The molecule has 1 aromatic rings. The molecule has 1 saturated heterocycles. The average molecular weight is 369 g/mol. The van der Waals surface area contributed by atoms with Gasteiger partial charge >= 0.3 is 5.97 Å². The van der Waals surface area contributed by atoms with Crippen LogP contribution < -0.4 is 4.74 Å². The second-order valence-corrected chi connectivity index (χ2v) is 8.88. The maximum Gasteiger partial charge on any atom is 0.331 e. The molecule has 1 aromatic carbocycles. The predicted octanol–water partition coefficient (Wildman–Crippen LogP) is 3.31. The van der Waals surface area contributed by atoms with Crippen molar-refractivity contribution in [2.75, 3.05) is 6.54 Å². The van der Waals surface area contributed by atoms with Gasteiger partial charge in [0.05, 0.1) is 11.8 Å². The van der Waals surface area contributed by atoms with Gasteiger partial charge in [-0.15, -0.1) is 0 Å². The Morgan fingerprint density at radius 2 is 1.63 bits per heavy atom. The highest BCUT2D eigenvalue weighted by atomic mass is 16.5. The molecule has 27 heavy (non-hydrogen) atoms. The summed E-state index contributed by atoms with van der Waals surface area (Å²) < 4.78 is 5.38. The standard InChI is InChI=1S/C22H27NO4/c1-4-22(2,3)15-7-9-16(10-8-15)27-17(24)12-23-20(25)18-13-5-6-14(11-13)19(18)21(23)26/h7-10,13-14,18-19H,4-6,11-12H2,1-3H3/t13-,14-,18-,19-/m0/s1. The van der Waals surface area contributed by atoms with Gasteiger partial charge in [0.25, 0.3) is 0 Å². The molecule has 2 bridgehead atoms. The quantitative estimate of drug-likeness (QED) is 0.454. The fourth-order valence-corrected chi connectivity index (χ4v) is 5.10.